The Bertz CT molecular complexity index is 3900. The fourth-order valence-corrected chi connectivity index (χ4v) is 10.7. The highest BCUT2D eigenvalue weighted by Gasteiger charge is 2.21. The van der Waals surface area contributed by atoms with E-state index in [-0.39, 0.29) is 0 Å². The predicted octanol–water partition coefficient (Wildman–Crippen LogP) is 15.4. The van der Waals surface area contributed by atoms with Crippen LogP contribution in [-0.4, -0.2) is 24.5 Å². The number of aromatic nitrogens is 5. The first-order chi connectivity index (χ1) is 31.7. The van der Waals surface area contributed by atoms with Crippen LogP contribution in [0.15, 0.2) is 212 Å². The third-order valence-electron chi connectivity index (χ3n) is 12.4. The van der Waals surface area contributed by atoms with Gasteiger partial charge in [0.2, 0.25) is 0 Å². The van der Waals surface area contributed by atoms with Crippen LogP contribution in [-0.2, 0) is 0 Å². The summed E-state index contributed by atoms with van der Waals surface area (Å²) in [5, 5.41) is 8.50. The number of para-hydroxylation sites is 2. The molecule has 0 saturated carbocycles. The molecule has 64 heavy (non-hydrogen) atoms. The molecule has 0 aliphatic carbocycles. The molecule has 0 N–H and O–H groups in total. The summed E-state index contributed by atoms with van der Waals surface area (Å²) in [6.07, 6.45) is 0. The van der Waals surface area contributed by atoms with E-state index in [9.17, 15) is 0 Å². The Morgan fingerprint density at radius 1 is 0.359 bits per heavy atom. The molecule has 0 aliphatic rings. The van der Waals surface area contributed by atoms with Gasteiger partial charge in [-0.3, -0.25) is 0 Å². The molecule has 4 aromatic heterocycles. The molecule has 298 valence electrons. The summed E-state index contributed by atoms with van der Waals surface area (Å²) in [6.45, 7) is 0. The van der Waals surface area contributed by atoms with Gasteiger partial charge < -0.3 is 4.57 Å². The topological polar surface area (TPSA) is 56.5 Å². The minimum Gasteiger partial charge on any atom is -0.309 e. The van der Waals surface area contributed by atoms with Gasteiger partial charge in [0.05, 0.1) is 26.9 Å². The van der Waals surface area contributed by atoms with Gasteiger partial charge in [-0.15, -0.1) is 11.3 Å². The van der Waals surface area contributed by atoms with Gasteiger partial charge in [0.15, 0.2) is 17.5 Å². The van der Waals surface area contributed by atoms with Gasteiger partial charge in [0.25, 0.3) is 0 Å². The number of hydrogen-bond donors (Lipinski definition) is 0. The maximum atomic E-state index is 5.48. The standard InChI is InChI=1S/C58H35N5S/c1-2-16-38(17-3-1)56-60-57(62-58(61-56)40-19-12-20-41(35-40)63-49-28-9-6-22-44(49)45-23-7-10-29-50(45)63)39-33-31-37(32-34-39)43-25-14-27-48-52(43)53-47-24-8-11-30-51(47)64-55(53)54(59-48)46-26-13-18-36-15-4-5-21-42(36)46/h1-35H. The molecule has 0 saturated heterocycles. The fourth-order valence-electron chi connectivity index (χ4n) is 9.52. The van der Waals surface area contributed by atoms with Crippen molar-refractivity contribution in [2.24, 2.45) is 0 Å². The zero-order valence-electron chi connectivity index (χ0n) is 34.4. The smallest absolute Gasteiger partial charge is 0.164 e. The third kappa shape index (κ3) is 5.84. The molecule has 0 atom stereocenters. The zero-order chi connectivity index (χ0) is 42.1. The van der Waals surface area contributed by atoms with Crippen LogP contribution in [0.2, 0.25) is 0 Å². The molecule has 0 bridgehead atoms. The van der Waals surface area contributed by atoms with Gasteiger partial charge in [-0.1, -0.05) is 176 Å². The summed E-state index contributed by atoms with van der Waals surface area (Å²) in [5.41, 5.74) is 11.5. The Labute approximate surface area is 372 Å². The molecule has 13 aromatic rings. The minimum atomic E-state index is 0.614. The Balaban J connectivity index is 0.951. The lowest BCUT2D eigenvalue weighted by atomic mass is 9.94. The van der Waals surface area contributed by atoms with Crippen molar-refractivity contribution in [1.29, 1.82) is 0 Å². The summed E-state index contributed by atoms with van der Waals surface area (Å²) in [6, 6.07) is 74.9. The number of hydrogen-bond acceptors (Lipinski definition) is 5. The van der Waals surface area contributed by atoms with E-state index in [1.807, 2.05) is 29.5 Å². The van der Waals surface area contributed by atoms with Gasteiger partial charge in [0.1, 0.15) is 0 Å². The van der Waals surface area contributed by atoms with Gasteiger partial charge >= 0.3 is 0 Å². The zero-order valence-corrected chi connectivity index (χ0v) is 35.2. The summed E-state index contributed by atoms with van der Waals surface area (Å²) in [7, 11) is 0. The van der Waals surface area contributed by atoms with Crippen LogP contribution in [0.4, 0.5) is 0 Å². The Morgan fingerprint density at radius 2 is 0.906 bits per heavy atom. The van der Waals surface area contributed by atoms with Crippen molar-refractivity contribution in [2.75, 3.05) is 0 Å². The first-order valence-electron chi connectivity index (χ1n) is 21.5. The molecule has 0 radical (unpaired) electrons. The lowest BCUT2D eigenvalue weighted by molar-refractivity contribution is 1.07. The van der Waals surface area contributed by atoms with Gasteiger partial charge in [0, 0.05) is 59.6 Å². The number of pyridine rings is 1. The molecular weight excluding hydrogens is 799 g/mol. The van der Waals surface area contributed by atoms with Crippen molar-refractivity contribution in [3.8, 4) is 62.2 Å². The second kappa shape index (κ2) is 14.7. The minimum absolute atomic E-state index is 0.614. The number of benzene rings is 9. The van der Waals surface area contributed by atoms with E-state index >= 15 is 0 Å². The van der Waals surface area contributed by atoms with Crippen molar-refractivity contribution in [2.45, 2.75) is 0 Å². The average molecular weight is 834 g/mol. The molecular formula is C58H35N5S. The molecule has 0 amide bonds. The van der Waals surface area contributed by atoms with Gasteiger partial charge in [-0.25, -0.2) is 19.9 Å². The number of thiophene rings is 1. The van der Waals surface area contributed by atoms with E-state index in [0.717, 1.165) is 66.7 Å². The van der Waals surface area contributed by atoms with E-state index in [2.05, 4.69) is 199 Å². The van der Waals surface area contributed by atoms with Gasteiger partial charge in [-0.2, -0.15) is 0 Å². The SMILES string of the molecule is c1ccc(-c2nc(-c3ccc(-c4cccc5nc(-c6cccc7ccccc67)c6sc7ccccc7c6c45)cc3)nc(-c3cccc(-n4c5ccccc5c5ccccc54)c3)n2)cc1. The van der Waals surface area contributed by atoms with Crippen LogP contribution in [0.1, 0.15) is 0 Å². The van der Waals surface area contributed by atoms with Gasteiger partial charge in [-0.05, 0) is 58.3 Å². The quantitative estimate of drug-likeness (QED) is 0.167. The maximum absolute atomic E-state index is 5.48. The van der Waals surface area contributed by atoms with E-state index in [4.69, 9.17) is 19.9 Å². The monoisotopic (exact) mass is 833 g/mol. The van der Waals surface area contributed by atoms with E-state index in [1.54, 1.807) is 0 Å². The Hall–Kier alpha value is -8.32. The summed E-state index contributed by atoms with van der Waals surface area (Å²) < 4.78 is 4.77. The fraction of sp³-hybridized carbons (Fsp3) is 0. The second-order valence-electron chi connectivity index (χ2n) is 16.2. The highest BCUT2D eigenvalue weighted by Crippen LogP contribution is 2.46. The molecule has 0 spiro atoms. The van der Waals surface area contributed by atoms with E-state index in [0.29, 0.717) is 17.5 Å². The Morgan fingerprint density at radius 3 is 1.67 bits per heavy atom. The molecule has 0 unspecified atom stereocenters. The van der Waals surface area contributed by atoms with Crippen molar-refractivity contribution < 1.29 is 0 Å². The van der Waals surface area contributed by atoms with Crippen LogP contribution in [0.25, 0.3) is 126 Å². The third-order valence-corrected chi connectivity index (χ3v) is 13.6. The normalized spacial score (nSPS) is 11.8. The van der Waals surface area contributed by atoms with Crippen LogP contribution >= 0.6 is 11.3 Å². The first kappa shape index (κ1) is 36.3. The lowest BCUT2D eigenvalue weighted by Gasteiger charge is -2.14. The molecule has 0 aliphatic heterocycles. The molecule has 5 nitrogen and oxygen atoms in total. The van der Waals surface area contributed by atoms with E-state index in [1.165, 1.54) is 41.7 Å². The van der Waals surface area contributed by atoms with Crippen molar-refractivity contribution in [3.63, 3.8) is 0 Å². The molecule has 4 heterocycles. The van der Waals surface area contributed by atoms with E-state index < -0.39 is 0 Å². The predicted molar refractivity (Wildman–Crippen MR) is 267 cm³/mol. The Kier molecular flexibility index (Phi) is 8.32. The number of fused-ring (bicyclic) bond motifs is 9. The molecule has 0 fully saturated rings. The van der Waals surface area contributed by atoms with Crippen LogP contribution in [0.5, 0.6) is 0 Å². The highest BCUT2D eigenvalue weighted by molar-refractivity contribution is 7.26. The van der Waals surface area contributed by atoms with Crippen LogP contribution in [0.3, 0.4) is 0 Å². The summed E-state index contributed by atoms with van der Waals surface area (Å²) >= 11 is 1.82. The van der Waals surface area contributed by atoms with Crippen molar-refractivity contribution in [1.82, 2.24) is 24.5 Å². The highest BCUT2D eigenvalue weighted by atomic mass is 32.1. The number of rotatable bonds is 6. The number of nitrogens with zero attached hydrogens (tertiary/aromatic N) is 5. The summed E-state index contributed by atoms with van der Waals surface area (Å²) in [4.78, 5) is 20.9. The average Bonchev–Trinajstić information content (AvgIpc) is 3.93. The molecule has 6 heteroatoms. The lowest BCUT2D eigenvalue weighted by Crippen LogP contribution is -2.01. The second-order valence-corrected chi connectivity index (χ2v) is 17.2. The first-order valence-corrected chi connectivity index (χ1v) is 22.3. The molecule has 13 rings (SSSR count). The maximum Gasteiger partial charge on any atom is 0.164 e. The molecule has 9 aromatic carbocycles. The van der Waals surface area contributed by atoms with Crippen LogP contribution < -0.4 is 0 Å². The summed E-state index contributed by atoms with van der Waals surface area (Å²) in [5.74, 6) is 1.86. The largest absolute Gasteiger partial charge is 0.309 e. The van der Waals surface area contributed by atoms with Crippen LogP contribution in [0, 0.1) is 0 Å². The van der Waals surface area contributed by atoms with Crippen molar-refractivity contribution in [3.05, 3.63) is 212 Å². The van der Waals surface area contributed by atoms with Crippen molar-refractivity contribution >= 4 is 75.0 Å².